The van der Waals surface area contributed by atoms with Crippen LogP contribution < -0.4 is 4.90 Å². The number of benzene rings is 11. The van der Waals surface area contributed by atoms with Gasteiger partial charge in [0, 0.05) is 17.1 Å². The molecule has 1 aliphatic carbocycles. The summed E-state index contributed by atoms with van der Waals surface area (Å²) in [7, 11) is 0. The average molecular weight is 842 g/mol. The molecule has 0 radical (unpaired) electrons. The summed E-state index contributed by atoms with van der Waals surface area (Å²) < 4.78 is 0. The van der Waals surface area contributed by atoms with Crippen LogP contribution in [0.2, 0.25) is 0 Å². The second-order valence-electron chi connectivity index (χ2n) is 17.6. The molecule has 0 aliphatic heterocycles. The van der Waals surface area contributed by atoms with E-state index in [0.717, 1.165) is 29.9 Å². The van der Waals surface area contributed by atoms with Gasteiger partial charge in [0.1, 0.15) is 0 Å². The number of hydrogen-bond donors (Lipinski definition) is 0. The number of hydrogen-bond acceptors (Lipinski definition) is 1. The molecule has 0 aromatic heterocycles. The summed E-state index contributed by atoms with van der Waals surface area (Å²) in [5, 5.41) is 7.57. The Morgan fingerprint density at radius 2 is 0.864 bits per heavy atom. The van der Waals surface area contributed by atoms with Crippen LogP contribution in [0, 0.1) is 0 Å². The minimum atomic E-state index is -0.515. The molecule has 0 fully saturated rings. The quantitative estimate of drug-likeness (QED) is 0.0979. The van der Waals surface area contributed by atoms with Crippen LogP contribution in [-0.4, -0.2) is 0 Å². The van der Waals surface area contributed by atoms with E-state index in [-0.39, 0.29) is 0 Å². The smallest absolute Gasteiger partial charge is 0.0714 e. The average Bonchev–Trinajstić information content (AvgIpc) is 3.69. The molecule has 1 aliphatic rings. The van der Waals surface area contributed by atoms with E-state index in [1.807, 2.05) is 6.08 Å². The molecule has 1 heteroatoms. The normalized spacial score (nSPS) is 12.5. The molecule has 11 aromatic rings. The molecule has 0 atom stereocenters. The van der Waals surface area contributed by atoms with Gasteiger partial charge in [0.25, 0.3) is 0 Å². The highest BCUT2D eigenvalue weighted by Crippen LogP contribution is 2.57. The van der Waals surface area contributed by atoms with Gasteiger partial charge in [0.15, 0.2) is 0 Å². The van der Waals surface area contributed by atoms with E-state index in [4.69, 9.17) is 0 Å². The van der Waals surface area contributed by atoms with Crippen LogP contribution in [0.1, 0.15) is 34.2 Å². The summed E-state index contributed by atoms with van der Waals surface area (Å²) in [6, 6.07) is 90.0. The standard InChI is InChI=1S/C65H47N/c1-2-3-18-49-41-47-19-10-11-20-48(47)42-61(49)45-31-35-53(36-32-45)66(54-37-33-46(34-38-54)62-43-50-21-12-13-26-56(50)57-27-14-15-28-58(57)62)55-39-40-60-59-29-16-17-30-63(59)65(64(60)44-55,51-22-6-4-7-23-51)52-24-8-5-9-25-52/h2,4-17,19-44H,1,3,18H2. The van der Waals surface area contributed by atoms with Crippen molar-refractivity contribution in [3.05, 3.63) is 283 Å². The third-order valence-electron chi connectivity index (χ3n) is 13.9. The first-order chi connectivity index (χ1) is 32.7. The van der Waals surface area contributed by atoms with E-state index >= 15 is 0 Å². The van der Waals surface area contributed by atoms with E-state index < -0.39 is 5.41 Å². The predicted octanol–water partition coefficient (Wildman–Crippen LogP) is 17.4. The fraction of sp³-hybridized carbons (Fsp3) is 0.0462. The molecule has 0 heterocycles. The molecule has 0 amide bonds. The van der Waals surface area contributed by atoms with Crippen molar-refractivity contribution in [1.29, 1.82) is 0 Å². The number of nitrogens with zero attached hydrogens (tertiary/aromatic N) is 1. The first-order valence-corrected chi connectivity index (χ1v) is 23.1. The van der Waals surface area contributed by atoms with Crippen LogP contribution in [0.3, 0.4) is 0 Å². The molecule has 12 rings (SSSR count). The molecule has 0 saturated carbocycles. The predicted molar refractivity (Wildman–Crippen MR) is 280 cm³/mol. The Morgan fingerprint density at radius 1 is 0.364 bits per heavy atom. The maximum absolute atomic E-state index is 4.05. The third-order valence-corrected chi connectivity index (χ3v) is 13.9. The van der Waals surface area contributed by atoms with Crippen molar-refractivity contribution in [2.24, 2.45) is 0 Å². The van der Waals surface area contributed by atoms with Crippen LogP contribution in [0.25, 0.3) is 65.7 Å². The molecule has 0 bridgehead atoms. The van der Waals surface area contributed by atoms with E-state index in [0.29, 0.717) is 0 Å². The Balaban J connectivity index is 1.05. The molecule has 66 heavy (non-hydrogen) atoms. The van der Waals surface area contributed by atoms with Gasteiger partial charge >= 0.3 is 0 Å². The van der Waals surface area contributed by atoms with Crippen LogP contribution in [0.15, 0.2) is 255 Å². The van der Waals surface area contributed by atoms with Crippen molar-refractivity contribution >= 4 is 49.4 Å². The zero-order valence-electron chi connectivity index (χ0n) is 36.7. The highest BCUT2D eigenvalue weighted by atomic mass is 15.1. The lowest BCUT2D eigenvalue weighted by atomic mass is 9.67. The number of aryl methyl sites for hydroxylation is 1. The second-order valence-corrected chi connectivity index (χ2v) is 17.6. The Labute approximate surface area is 387 Å². The molecule has 0 spiro atoms. The first-order valence-electron chi connectivity index (χ1n) is 23.1. The van der Waals surface area contributed by atoms with Crippen LogP contribution in [0.5, 0.6) is 0 Å². The molecule has 0 saturated heterocycles. The molecule has 11 aromatic carbocycles. The summed E-state index contributed by atoms with van der Waals surface area (Å²) in [6.07, 6.45) is 3.89. The monoisotopic (exact) mass is 841 g/mol. The van der Waals surface area contributed by atoms with Gasteiger partial charge in [-0.3, -0.25) is 0 Å². The second kappa shape index (κ2) is 16.4. The fourth-order valence-electron chi connectivity index (χ4n) is 10.9. The molecule has 312 valence electrons. The van der Waals surface area contributed by atoms with Gasteiger partial charge in [-0.2, -0.15) is 0 Å². The van der Waals surface area contributed by atoms with Crippen LogP contribution >= 0.6 is 0 Å². The van der Waals surface area contributed by atoms with Crippen molar-refractivity contribution < 1.29 is 0 Å². The van der Waals surface area contributed by atoms with E-state index in [9.17, 15) is 0 Å². The fourth-order valence-corrected chi connectivity index (χ4v) is 10.9. The third kappa shape index (κ3) is 6.46. The van der Waals surface area contributed by atoms with Crippen molar-refractivity contribution in [2.75, 3.05) is 4.90 Å². The largest absolute Gasteiger partial charge is 0.310 e. The summed E-state index contributed by atoms with van der Waals surface area (Å²) in [5.41, 5.74) is 16.7. The van der Waals surface area contributed by atoms with Crippen LogP contribution in [0.4, 0.5) is 17.1 Å². The summed E-state index contributed by atoms with van der Waals surface area (Å²) in [4.78, 5) is 2.44. The first kappa shape index (κ1) is 39.3. The number of allylic oxidation sites excluding steroid dienone is 1. The van der Waals surface area contributed by atoms with Gasteiger partial charge in [0.2, 0.25) is 0 Å². The van der Waals surface area contributed by atoms with Gasteiger partial charge in [-0.05, 0) is 155 Å². The van der Waals surface area contributed by atoms with E-state index in [2.05, 4.69) is 254 Å². The maximum atomic E-state index is 4.05. The SMILES string of the molecule is C=CCCc1cc2ccccc2cc1-c1ccc(N(c2ccc(-c3cc4ccccc4c4ccccc34)cc2)c2ccc3c(c2)C(c2ccccc2)(c2ccccc2)c2ccccc2-3)cc1. The Kier molecular flexibility index (Phi) is 9.76. The molecule has 0 N–H and O–H groups in total. The highest BCUT2D eigenvalue weighted by molar-refractivity contribution is 6.13. The van der Waals surface area contributed by atoms with Crippen molar-refractivity contribution in [3.63, 3.8) is 0 Å². The van der Waals surface area contributed by atoms with Crippen molar-refractivity contribution in [2.45, 2.75) is 18.3 Å². The zero-order chi connectivity index (χ0) is 44.0. The minimum Gasteiger partial charge on any atom is -0.310 e. The van der Waals surface area contributed by atoms with E-state index in [1.165, 1.54) is 93.5 Å². The Hall–Kier alpha value is -8.26. The van der Waals surface area contributed by atoms with Crippen LogP contribution in [-0.2, 0) is 11.8 Å². The summed E-state index contributed by atoms with van der Waals surface area (Å²) >= 11 is 0. The number of anilines is 3. The maximum Gasteiger partial charge on any atom is 0.0714 e. The zero-order valence-corrected chi connectivity index (χ0v) is 36.7. The van der Waals surface area contributed by atoms with Gasteiger partial charge in [-0.1, -0.05) is 200 Å². The van der Waals surface area contributed by atoms with Gasteiger partial charge < -0.3 is 4.90 Å². The lowest BCUT2D eigenvalue weighted by molar-refractivity contribution is 0.768. The van der Waals surface area contributed by atoms with Gasteiger partial charge in [-0.15, -0.1) is 6.58 Å². The van der Waals surface area contributed by atoms with Crippen molar-refractivity contribution in [1.82, 2.24) is 0 Å². The van der Waals surface area contributed by atoms with Crippen molar-refractivity contribution in [3.8, 4) is 33.4 Å². The minimum absolute atomic E-state index is 0.515. The molecule has 0 unspecified atom stereocenters. The van der Waals surface area contributed by atoms with Gasteiger partial charge in [0.05, 0.1) is 5.41 Å². The topological polar surface area (TPSA) is 3.24 Å². The highest BCUT2D eigenvalue weighted by Gasteiger charge is 2.46. The van der Waals surface area contributed by atoms with Gasteiger partial charge in [-0.25, -0.2) is 0 Å². The lowest BCUT2D eigenvalue weighted by Gasteiger charge is -2.35. The molecule has 1 nitrogen and oxygen atoms in total. The Bertz CT molecular complexity index is 3550. The summed E-state index contributed by atoms with van der Waals surface area (Å²) in [5.74, 6) is 0. The van der Waals surface area contributed by atoms with E-state index in [1.54, 1.807) is 0 Å². The lowest BCUT2D eigenvalue weighted by Crippen LogP contribution is -2.28. The number of fused-ring (bicyclic) bond motifs is 7. The Morgan fingerprint density at radius 3 is 1.53 bits per heavy atom. The number of rotatable bonds is 10. The molecular formula is C65H47N. The summed E-state index contributed by atoms with van der Waals surface area (Å²) in [6.45, 7) is 4.05. The molecular weight excluding hydrogens is 795 g/mol.